The highest BCUT2D eigenvalue weighted by Gasteiger charge is 2.42. The van der Waals surface area contributed by atoms with Gasteiger partial charge in [-0.25, -0.2) is 13.1 Å². The monoisotopic (exact) mass is 685 g/mol. The van der Waals surface area contributed by atoms with Gasteiger partial charge >= 0.3 is 0 Å². The molecule has 258 valence electrons. The quantitative estimate of drug-likeness (QED) is 0.377. The lowest BCUT2D eigenvalue weighted by Gasteiger charge is -2.49. The van der Waals surface area contributed by atoms with E-state index in [9.17, 15) is 13.2 Å². The third kappa shape index (κ3) is 7.95. The fourth-order valence-corrected chi connectivity index (χ4v) is 9.82. The number of ether oxygens (including phenoxy) is 2. The van der Waals surface area contributed by atoms with Gasteiger partial charge < -0.3 is 14.4 Å². The average Bonchev–Trinajstić information content (AvgIpc) is 3.08. The number of nitrogens with zero attached hydrogens (tertiary/aromatic N) is 2. The van der Waals surface area contributed by atoms with Gasteiger partial charge in [-0.3, -0.25) is 9.69 Å². The smallest absolute Gasteiger partial charge is 0.264 e. The summed E-state index contributed by atoms with van der Waals surface area (Å²) in [6.45, 7) is 11.8. The second kappa shape index (κ2) is 15.1. The van der Waals surface area contributed by atoms with E-state index in [4.69, 9.17) is 21.1 Å². The van der Waals surface area contributed by atoms with Crippen molar-refractivity contribution >= 4 is 33.2 Å². The third-order valence-corrected chi connectivity index (χ3v) is 13.8. The molecule has 3 aliphatic heterocycles. The molecular weight excluding hydrogens is 634 g/mol. The molecule has 2 aromatic rings. The number of nitrogens with one attached hydrogen (secondary N) is 1. The van der Waals surface area contributed by atoms with E-state index in [-0.39, 0.29) is 5.92 Å². The molecule has 0 unspecified atom stereocenters. The number of rotatable bonds is 2. The number of carbonyl (C=O) groups excluding carboxylic acids is 1. The zero-order chi connectivity index (χ0) is 33.1. The highest BCUT2D eigenvalue weighted by atomic mass is 35.5. The predicted octanol–water partition coefficient (Wildman–Crippen LogP) is 6.69. The second-order valence-corrected chi connectivity index (χ2v) is 16.9. The molecule has 2 fully saturated rings. The standard InChI is InChI=1S/C37H52ClN3O5S/c1-25-7-6-9-33(26(2)40-17-19-45-20-18-40)34-14-11-30(34)23-41-16-5-4-8-28-21-32(38)13-10-31(28)24-46-36-15-12-29(22-35(36)41)37(42)39-47(43,44)27(25)3/h10,12-13,15,21-22,25-27,30,33-34H,4-9,11,14,16-20,23-24H2,1-3H3,(H,39,42)/t25-,26+,27+,30-,33+,34+/m0/s1. The van der Waals surface area contributed by atoms with Crippen LogP contribution in [-0.4, -0.2) is 69.9 Å². The third-order valence-electron chi connectivity index (χ3n) is 11.7. The summed E-state index contributed by atoms with van der Waals surface area (Å²) in [6, 6.07) is 11.8. The first-order valence-electron chi connectivity index (χ1n) is 17.8. The fourth-order valence-electron chi connectivity index (χ4n) is 8.31. The van der Waals surface area contributed by atoms with E-state index >= 15 is 0 Å². The first-order chi connectivity index (χ1) is 22.6. The largest absolute Gasteiger partial charge is 0.487 e. The highest BCUT2D eigenvalue weighted by Crippen LogP contribution is 2.46. The zero-order valence-corrected chi connectivity index (χ0v) is 29.8. The Morgan fingerprint density at radius 2 is 1.74 bits per heavy atom. The van der Waals surface area contributed by atoms with Crippen molar-refractivity contribution in [2.75, 3.05) is 44.3 Å². The Morgan fingerprint density at radius 3 is 2.51 bits per heavy atom. The van der Waals surface area contributed by atoms with Crippen LogP contribution in [0.3, 0.4) is 0 Å². The van der Waals surface area contributed by atoms with Crippen molar-refractivity contribution in [1.82, 2.24) is 9.62 Å². The van der Waals surface area contributed by atoms with Crippen LogP contribution in [0.1, 0.15) is 87.2 Å². The van der Waals surface area contributed by atoms with Gasteiger partial charge in [-0.1, -0.05) is 31.0 Å². The summed E-state index contributed by atoms with van der Waals surface area (Å²) in [6.07, 6.45) is 8.21. The maximum atomic E-state index is 13.5. The second-order valence-electron chi connectivity index (χ2n) is 14.4. The molecule has 2 aromatic carbocycles. The van der Waals surface area contributed by atoms with Crippen molar-refractivity contribution in [2.45, 2.75) is 90.0 Å². The molecule has 6 atom stereocenters. The average molecular weight is 686 g/mol. The molecule has 3 heterocycles. The van der Waals surface area contributed by atoms with Crippen molar-refractivity contribution in [3.05, 3.63) is 58.1 Å². The van der Waals surface area contributed by atoms with E-state index in [1.54, 1.807) is 13.0 Å². The van der Waals surface area contributed by atoms with Crippen LogP contribution >= 0.6 is 11.6 Å². The summed E-state index contributed by atoms with van der Waals surface area (Å²) in [5, 5.41) is 0.0514. The maximum absolute atomic E-state index is 13.5. The number of sulfonamides is 1. The molecule has 1 N–H and O–H groups in total. The van der Waals surface area contributed by atoms with Crippen molar-refractivity contribution in [1.29, 1.82) is 0 Å². The predicted molar refractivity (Wildman–Crippen MR) is 188 cm³/mol. The molecule has 2 bridgehead atoms. The topological polar surface area (TPSA) is 88.2 Å². The number of fused-ring (bicyclic) bond motifs is 3. The van der Waals surface area contributed by atoms with Crippen molar-refractivity contribution in [3.63, 3.8) is 0 Å². The summed E-state index contributed by atoms with van der Waals surface area (Å²) in [5.41, 5.74) is 3.52. The molecule has 10 heteroatoms. The minimum Gasteiger partial charge on any atom is -0.487 e. The summed E-state index contributed by atoms with van der Waals surface area (Å²) in [4.78, 5) is 18.5. The first-order valence-corrected chi connectivity index (χ1v) is 19.7. The van der Waals surface area contributed by atoms with E-state index in [1.807, 2.05) is 37.3 Å². The number of benzene rings is 2. The lowest BCUT2D eigenvalue weighted by molar-refractivity contribution is -0.0219. The van der Waals surface area contributed by atoms with E-state index in [1.165, 1.54) is 18.4 Å². The number of carbonyl (C=O) groups is 1. The number of aryl methyl sites for hydroxylation is 1. The summed E-state index contributed by atoms with van der Waals surface area (Å²) >= 11 is 6.38. The van der Waals surface area contributed by atoms with Crippen LogP contribution < -0.4 is 14.4 Å². The minimum atomic E-state index is -3.87. The van der Waals surface area contributed by atoms with Crippen molar-refractivity contribution in [2.24, 2.45) is 23.7 Å². The fraction of sp³-hybridized carbons (Fsp3) is 0.649. The molecular formula is C37H52ClN3O5S. The van der Waals surface area contributed by atoms with Crippen LogP contribution in [0.25, 0.3) is 0 Å². The minimum absolute atomic E-state index is 0.0706. The van der Waals surface area contributed by atoms with E-state index in [2.05, 4.69) is 21.4 Å². The van der Waals surface area contributed by atoms with E-state index in [0.29, 0.717) is 41.7 Å². The Balaban J connectivity index is 1.36. The Hall–Kier alpha value is -2.33. The number of halogens is 1. The Kier molecular flexibility index (Phi) is 11.1. The van der Waals surface area contributed by atoms with Crippen LogP contribution in [0, 0.1) is 23.7 Å². The van der Waals surface area contributed by atoms with Crippen LogP contribution in [0.5, 0.6) is 5.75 Å². The molecule has 0 radical (unpaired) electrons. The normalized spacial score (nSPS) is 29.9. The molecule has 47 heavy (non-hydrogen) atoms. The molecule has 1 saturated carbocycles. The van der Waals surface area contributed by atoms with Gasteiger partial charge in [-0.05, 0) is 124 Å². The summed E-state index contributed by atoms with van der Waals surface area (Å²) < 4.78 is 41.6. The lowest BCUT2D eigenvalue weighted by Crippen LogP contribution is -2.51. The highest BCUT2D eigenvalue weighted by molar-refractivity contribution is 7.90. The number of amides is 1. The zero-order valence-electron chi connectivity index (χ0n) is 28.3. The molecule has 1 saturated heterocycles. The lowest BCUT2D eigenvalue weighted by atomic mass is 9.63. The van der Waals surface area contributed by atoms with Gasteiger partial charge in [-0.2, -0.15) is 0 Å². The van der Waals surface area contributed by atoms with Crippen molar-refractivity contribution in [3.8, 4) is 5.75 Å². The SMILES string of the molecule is C[C@H]([C@H]1CCC[C@H](C)[C@@H](C)S(=O)(=O)NC(=O)c2ccc3c(c2)N(CCCCc2cc(Cl)ccc2CO3)C[C@@H]2CC[C@H]21)N1CCOCC1. The van der Waals surface area contributed by atoms with Gasteiger partial charge in [0.2, 0.25) is 10.0 Å². The molecule has 6 rings (SSSR count). The van der Waals surface area contributed by atoms with Gasteiger partial charge in [0.05, 0.1) is 24.2 Å². The molecule has 0 spiro atoms. The van der Waals surface area contributed by atoms with Gasteiger partial charge in [0.25, 0.3) is 5.91 Å². The number of hydrogen-bond acceptors (Lipinski definition) is 7. The van der Waals surface area contributed by atoms with E-state index < -0.39 is 21.2 Å². The van der Waals surface area contributed by atoms with Crippen LogP contribution in [0.2, 0.25) is 5.02 Å². The molecule has 1 amide bonds. The van der Waals surface area contributed by atoms with Gasteiger partial charge in [0.15, 0.2) is 0 Å². The summed E-state index contributed by atoms with van der Waals surface area (Å²) in [5.74, 6) is 1.72. The van der Waals surface area contributed by atoms with Gasteiger partial charge in [0.1, 0.15) is 12.4 Å². The summed E-state index contributed by atoms with van der Waals surface area (Å²) in [7, 11) is -3.87. The Bertz CT molecular complexity index is 1510. The van der Waals surface area contributed by atoms with Gasteiger partial charge in [-0.15, -0.1) is 0 Å². The van der Waals surface area contributed by atoms with E-state index in [0.717, 1.165) is 94.2 Å². The molecule has 1 aliphatic carbocycles. The number of hydrogen-bond donors (Lipinski definition) is 1. The Labute approximate surface area is 286 Å². The van der Waals surface area contributed by atoms with Crippen LogP contribution in [0.4, 0.5) is 5.69 Å². The molecule has 4 aliphatic rings. The molecule has 8 nitrogen and oxygen atoms in total. The molecule has 0 aromatic heterocycles. The van der Waals surface area contributed by atoms with Crippen LogP contribution in [0.15, 0.2) is 36.4 Å². The van der Waals surface area contributed by atoms with Crippen LogP contribution in [-0.2, 0) is 27.8 Å². The first kappa shape index (κ1) is 34.5. The number of anilines is 1. The van der Waals surface area contributed by atoms with Crippen molar-refractivity contribution < 1.29 is 22.7 Å². The number of morpholine rings is 1. The Morgan fingerprint density at radius 1 is 0.936 bits per heavy atom. The van der Waals surface area contributed by atoms with Gasteiger partial charge in [0, 0.05) is 42.8 Å². The maximum Gasteiger partial charge on any atom is 0.264 e.